The third kappa shape index (κ3) is 5.05. The maximum absolute atomic E-state index is 10.2. The Balaban J connectivity index is 2.54. The van der Waals surface area contributed by atoms with Crippen molar-refractivity contribution in [3.63, 3.8) is 0 Å². The van der Waals surface area contributed by atoms with E-state index in [0.717, 1.165) is 10.2 Å². The van der Waals surface area contributed by atoms with E-state index in [-0.39, 0.29) is 0 Å². The van der Waals surface area contributed by atoms with Crippen LogP contribution in [0.5, 0.6) is 0 Å². The van der Waals surface area contributed by atoms with Gasteiger partial charge < -0.3 is 10.4 Å². The van der Waals surface area contributed by atoms with Gasteiger partial charge in [-0.1, -0.05) is 13.8 Å². The molecule has 0 aliphatic rings. The molecule has 0 saturated heterocycles. The molecule has 1 aromatic rings. The quantitative estimate of drug-likeness (QED) is 0.872. The van der Waals surface area contributed by atoms with Gasteiger partial charge in [-0.2, -0.15) is 0 Å². The predicted octanol–water partition coefficient (Wildman–Crippen LogP) is 2.14. The number of aliphatic hydroxyl groups is 1. The molecule has 1 atom stereocenters. The van der Waals surface area contributed by atoms with Gasteiger partial charge in [0.2, 0.25) is 0 Å². The average molecular weight is 287 g/mol. The Bertz CT molecular complexity index is 322. The molecule has 1 heterocycles. The van der Waals surface area contributed by atoms with Gasteiger partial charge in [0.1, 0.15) is 0 Å². The van der Waals surface area contributed by atoms with Gasteiger partial charge in [-0.3, -0.25) is 4.98 Å². The van der Waals surface area contributed by atoms with Crippen LogP contribution in [-0.4, -0.2) is 28.3 Å². The van der Waals surface area contributed by atoms with Crippen LogP contribution in [0.3, 0.4) is 0 Å². The number of pyridine rings is 1. The fourth-order valence-corrected chi connectivity index (χ4v) is 1.62. The molecule has 16 heavy (non-hydrogen) atoms. The molecular weight excluding hydrogens is 268 g/mol. The first-order chi connectivity index (χ1) is 7.39. The van der Waals surface area contributed by atoms with Gasteiger partial charge >= 0.3 is 0 Å². The van der Waals surface area contributed by atoms with Crippen molar-refractivity contribution in [2.45, 2.75) is 38.8 Å². The molecular formula is C12H19BrN2O. The summed E-state index contributed by atoms with van der Waals surface area (Å²) in [6, 6.07) is 4.24. The van der Waals surface area contributed by atoms with E-state index in [1.54, 1.807) is 6.20 Å². The summed E-state index contributed by atoms with van der Waals surface area (Å²) >= 11 is 3.34. The van der Waals surface area contributed by atoms with Crippen molar-refractivity contribution in [1.82, 2.24) is 10.3 Å². The lowest BCUT2D eigenvalue weighted by Crippen LogP contribution is -2.42. The third-order valence-corrected chi connectivity index (χ3v) is 2.71. The van der Waals surface area contributed by atoms with E-state index in [2.05, 4.69) is 40.1 Å². The maximum Gasteiger partial charge on any atom is 0.0798 e. The van der Waals surface area contributed by atoms with Crippen molar-refractivity contribution in [3.8, 4) is 0 Å². The van der Waals surface area contributed by atoms with Gasteiger partial charge in [0.05, 0.1) is 5.60 Å². The normalized spacial score (nSPS) is 15.1. The molecule has 0 aliphatic heterocycles. The van der Waals surface area contributed by atoms with Gasteiger partial charge in [-0.25, -0.2) is 0 Å². The van der Waals surface area contributed by atoms with Crippen LogP contribution in [0.4, 0.5) is 0 Å². The lowest BCUT2D eigenvalue weighted by atomic mass is 9.99. The highest BCUT2D eigenvalue weighted by atomic mass is 79.9. The van der Waals surface area contributed by atoms with Gasteiger partial charge in [-0.15, -0.1) is 0 Å². The van der Waals surface area contributed by atoms with Gasteiger partial charge in [0.25, 0.3) is 0 Å². The van der Waals surface area contributed by atoms with Crippen molar-refractivity contribution < 1.29 is 5.11 Å². The zero-order chi connectivity index (χ0) is 12.2. The van der Waals surface area contributed by atoms with Crippen molar-refractivity contribution in [2.24, 2.45) is 0 Å². The summed E-state index contributed by atoms with van der Waals surface area (Å²) in [4.78, 5) is 4.26. The first-order valence-electron chi connectivity index (χ1n) is 5.45. The largest absolute Gasteiger partial charge is 0.388 e. The molecule has 0 aliphatic carbocycles. The molecule has 90 valence electrons. The van der Waals surface area contributed by atoms with Crippen LogP contribution in [0.25, 0.3) is 0 Å². The number of aromatic nitrogens is 1. The van der Waals surface area contributed by atoms with E-state index >= 15 is 0 Å². The number of rotatable bonds is 5. The van der Waals surface area contributed by atoms with E-state index in [1.807, 2.05) is 19.1 Å². The molecule has 0 bridgehead atoms. The highest BCUT2D eigenvalue weighted by molar-refractivity contribution is 9.10. The van der Waals surface area contributed by atoms with Crippen molar-refractivity contribution >= 4 is 15.9 Å². The molecule has 3 nitrogen and oxygen atoms in total. The molecule has 4 heteroatoms. The van der Waals surface area contributed by atoms with Gasteiger partial charge in [0.15, 0.2) is 0 Å². The Kier molecular flexibility index (Phi) is 4.89. The molecule has 0 spiro atoms. The highest BCUT2D eigenvalue weighted by Gasteiger charge is 2.21. The molecule has 0 saturated carbocycles. The Labute approximate surface area is 105 Å². The maximum atomic E-state index is 10.2. The Hall–Kier alpha value is -0.450. The Morgan fingerprint density at radius 2 is 2.19 bits per heavy atom. The zero-order valence-corrected chi connectivity index (χ0v) is 11.6. The van der Waals surface area contributed by atoms with Crippen LogP contribution < -0.4 is 5.32 Å². The fourth-order valence-electron chi connectivity index (χ4n) is 1.39. The van der Waals surface area contributed by atoms with Crippen LogP contribution in [-0.2, 0) is 6.42 Å². The molecule has 0 fully saturated rings. The summed E-state index contributed by atoms with van der Waals surface area (Å²) in [7, 11) is 0. The Morgan fingerprint density at radius 1 is 1.50 bits per heavy atom. The molecule has 2 N–H and O–H groups in total. The Morgan fingerprint density at radius 3 is 2.69 bits per heavy atom. The number of nitrogens with zero attached hydrogens (tertiary/aromatic N) is 1. The van der Waals surface area contributed by atoms with Crippen LogP contribution in [0.15, 0.2) is 22.8 Å². The molecule has 1 rings (SSSR count). The molecule has 0 amide bonds. The van der Waals surface area contributed by atoms with Gasteiger partial charge in [0, 0.05) is 35.4 Å². The SMILES string of the molecule is CC(C)NCC(C)(O)Cc1ccc(Br)cn1. The van der Waals surface area contributed by atoms with Crippen LogP contribution in [0.1, 0.15) is 26.5 Å². The predicted molar refractivity (Wildman–Crippen MR) is 69.4 cm³/mol. The summed E-state index contributed by atoms with van der Waals surface area (Å²) < 4.78 is 0.955. The second-order valence-corrected chi connectivity index (χ2v) is 5.59. The zero-order valence-electron chi connectivity index (χ0n) is 10.00. The van der Waals surface area contributed by atoms with E-state index in [9.17, 15) is 5.11 Å². The third-order valence-electron chi connectivity index (χ3n) is 2.24. The molecule has 0 radical (unpaired) electrons. The lowest BCUT2D eigenvalue weighted by Gasteiger charge is -2.24. The van der Waals surface area contributed by atoms with E-state index in [1.165, 1.54) is 0 Å². The van der Waals surface area contributed by atoms with Crippen molar-refractivity contribution in [3.05, 3.63) is 28.5 Å². The molecule has 1 aromatic heterocycles. The number of hydrogen-bond donors (Lipinski definition) is 2. The second-order valence-electron chi connectivity index (χ2n) is 4.68. The van der Waals surface area contributed by atoms with Gasteiger partial charge in [-0.05, 0) is 35.0 Å². The topological polar surface area (TPSA) is 45.1 Å². The minimum atomic E-state index is -0.759. The minimum absolute atomic E-state index is 0.379. The lowest BCUT2D eigenvalue weighted by molar-refractivity contribution is 0.0572. The standard InChI is InChI=1S/C12H19BrN2O/c1-9(2)15-8-12(3,16)6-11-5-4-10(13)7-14-11/h4-5,7,9,15-16H,6,8H2,1-3H3. The van der Waals surface area contributed by atoms with E-state index in [4.69, 9.17) is 0 Å². The highest BCUT2D eigenvalue weighted by Crippen LogP contribution is 2.13. The van der Waals surface area contributed by atoms with Crippen LogP contribution in [0.2, 0.25) is 0 Å². The second kappa shape index (κ2) is 5.75. The molecule has 1 unspecified atom stereocenters. The summed E-state index contributed by atoms with van der Waals surface area (Å²) in [5.74, 6) is 0. The first-order valence-corrected chi connectivity index (χ1v) is 6.24. The van der Waals surface area contributed by atoms with Crippen LogP contribution in [0, 0.1) is 0 Å². The smallest absolute Gasteiger partial charge is 0.0798 e. The number of hydrogen-bond acceptors (Lipinski definition) is 3. The minimum Gasteiger partial charge on any atom is -0.388 e. The van der Waals surface area contributed by atoms with E-state index in [0.29, 0.717) is 19.0 Å². The summed E-state index contributed by atoms with van der Waals surface area (Å²) in [6.07, 6.45) is 2.31. The van der Waals surface area contributed by atoms with Crippen molar-refractivity contribution in [1.29, 1.82) is 0 Å². The van der Waals surface area contributed by atoms with Crippen LogP contribution >= 0.6 is 15.9 Å². The summed E-state index contributed by atoms with van der Waals surface area (Å²) in [5, 5.41) is 13.4. The number of halogens is 1. The average Bonchev–Trinajstić information content (AvgIpc) is 2.19. The monoisotopic (exact) mass is 286 g/mol. The fraction of sp³-hybridized carbons (Fsp3) is 0.583. The van der Waals surface area contributed by atoms with Crippen molar-refractivity contribution in [2.75, 3.05) is 6.54 Å². The van der Waals surface area contributed by atoms with E-state index < -0.39 is 5.60 Å². The molecule has 0 aromatic carbocycles. The summed E-state index contributed by atoms with van der Waals surface area (Å²) in [6.45, 7) is 6.52. The first kappa shape index (κ1) is 13.6. The summed E-state index contributed by atoms with van der Waals surface area (Å²) in [5.41, 5.74) is 0.143. The number of nitrogens with one attached hydrogen (secondary N) is 1.